The monoisotopic (exact) mass is 240 g/mol. The van der Waals surface area contributed by atoms with Gasteiger partial charge < -0.3 is 9.64 Å². The van der Waals surface area contributed by atoms with E-state index in [0.29, 0.717) is 18.5 Å². The number of ether oxygens (including phenoxy) is 1. The number of aromatic nitrogens is 3. The Kier molecular flexibility index (Phi) is 4.62. The molecule has 1 aromatic rings. The molecule has 1 aromatic heterocycles. The Labute approximate surface area is 99.1 Å². The number of H-pyrrole nitrogens is 1. The van der Waals surface area contributed by atoms with Crippen molar-refractivity contribution < 1.29 is 14.3 Å². The maximum Gasteiger partial charge on any atom is 0.409 e. The van der Waals surface area contributed by atoms with Crippen LogP contribution in [-0.4, -0.2) is 52.4 Å². The van der Waals surface area contributed by atoms with E-state index in [0.717, 1.165) is 0 Å². The molecule has 7 nitrogen and oxygen atoms in total. The molecule has 0 aliphatic heterocycles. The Hall–Kier alpha value is -1.92. The quantitative estimate of drug-likeness (QED) is 0.804. The second-order valence-electron chi connectivity index (χ2n) is 3.60. The zero-order chi connectivity index (χ0) is 12.8. The molecule has 7 heteroatoms. The SMILES string of the molecule is CCC(=O)[C@H](Cc1cnn[nH]1)N(C)C(=O)OC. The van der Waals surface area contributed by atoms with Gasteiger partial charge in [-0.1, -0.05) is 12.1 Å². The van der Waals surface area contributed by atoms with Crippen LogP contribution in [0.5, 0.6) is 0 Å². The molecule has 17 heavy (non-hydrogen) atoms. The van der Waals surface area contributed by atoms with Gasteiger partial charge in [0.25, 0.3) is 0 Å². The molecule has 1 N–H and O–H groups in total. The van der Waals surface area contributed by atoms with Gasteiger partial charge in [0.1, 0.15) is 0 Å². The number of ketones is 1. The molecule has 0 aliphatic rings. The van der Waals surface area contributed by atoms with Gasteiger partial charge in [0.2, 0.25) is 0 Å². The number of carbonyl (C=O) groups is 2. The highest BCUT2D eigenvalue weighted by atomic mass is 16.5. The highest BCUT2D eigenvalue weighted by molar-refractivity contribution is 5.87. The number of hydrogen-bond acceptors (Lipinski definition) is 5. The predicted molar refractivity (Wildman–Crippen MR) is 59.3 cm³/mol. The number of aromatic amines is 1. The van der Waals surface area contributed by atoms with Gasteiger partial charge in [0.05, 0.1) is 25.0 Å². The number of nitrogens with zero attached hydrogens (tertiary/aromatic N) is 3. The number of hydrogen-bond donors (Lipinski definition) is 1. The fraction of sp³-hybridized carbons (Fsp3) is 0.600. The minimum atomic E-state index is -0.560. The van der Waals surface area contributed by atoms with Gasteiger partial charge in [0, 0.05) is 19.9 Å². The van der Waals surface area contributed by atoms with Crippen LogP contribution in [0.4, 0.5) is 4.79 Å². The van der Waals surface area contributed by atoms with E-state index in [1.807, 2.05) is 0 Å². The molecule has 0 bridgehead atoms. The topological polar surface area (TPSA) is 88.2 Å². The van der Waals surface area contributed by atoms with Crippen molar-refractivity contribution in [3.63, 3.8) is 0 Å². The summed E-state index contributed by atoms with van der Waals surface area (Å²) in [4.78, 5) is 24.5. The van der Waals surface area contributed by atoms with Crippen LogP contribution in [0, 0.1) is 0 Å². The summed E-state index contributed by atoms with van der Waals surface area (Å²) in [6.45, 7) is 1.76. The lowest BCUT2D eigenvalue weighted by molar-refractivity contribution is -0.123. The van der Waals surface area contributed by atoms with Gasteiger partial charge in [0.15, 0.2) is 5.78 Å². The van der Waals surface area contributed by atoms with E-state index in [1.54, 1.807) is 6.92 Å². The van der Waals surface area contributed by atoms with Gasteiger partial charge in [-0.25, -0.2) is 4.79 Å². The van der Waals surface area contributed by atoms with Crippen LogP contribution in [0.25, 0.3) is 0 Å². The molecule has 0 saturated carbocycles. The summed E-state index contributed by atoms with van der Waals surface area (Å²) in [7, 11) is 2.82. The van der Waals surface area contributed by atoms with Crippen molar-refractivity contribution in [2.45, 2.75) is 25.8 Å². The average Bonchev–Trinajstić information content (AvgIpc) is 2.86. The molecule has 1 atom stereocenters. The molecule has 1 rings (SSSR count). The number of Topliss-reactive ketones (excluding diaryl/α,β-unsaturated/α-hetero) is 1. The molecule has 0 spiro atoms. The number of methoxy groups -OCH3 is 1. The Morgan fingerprint density at radius 2 is 2.29 bits per heavy atom. The third-order valence-corrected chi connectivity index (χ3v) is 2.53. The highest BCUT2D eigenvalue weighted by Gasteiger charge is 2.26. The summed E-state index contributed by atoms with van der Waals surface area (Å²) < 4.78 is 4.60. The van der Waals surface area contributed by atoms with Crippen LogP contribution < -0.4 is 0 Å². The second-order valence-corrected chi connectivity index (χ2v) is 3.60. The van der Waals surface area contributed by atoms with Crippen molar-refractivity contribution in [1.82, 2.24) is 20.3 Å². The highest BCUT2D eigenvalue weighted by Crippen LogP contribution is 2.09. The molecular weight excluding hydrogens is 224 g/mol. The Balaban J connectivity index is 2.80. The Morgan fingerprint density at radius 1 is 1.59 bits per heavy atom. The Bertz CT molecular complexity index is 377. The van der Waals surface area contributed by atoms with E-state index >= 15 is 0 Å². The van der Waals surface area contributed by atoms with E-state index in [2.05, 4.69) is 20.1 Å². The van der Waals surface area contributed by atoms with Crippen LogP contribution in [0.1, 0.15) is 19.0 Å². The van der Waals surface area contributed by atoms with Crippen LogP contribution in [0.2, 0.25) is 0 Å². The first-order chi connectivity index (χ1) is 8.10. The van der Waals surface area contributed by atoms with Crippen LogP contribution in [0.3, 0.4) is 0 Å². The molecule has 0 aromatic carbocycles. The standard InChI is InChI=1S/C10H16N4O3/c1-4-9(15)8(14(2)10(16)17-3)5-7-6-11-13-12-7/h6,8H,4-5H2,1-3H3,(H,11,12,13)/t8-/m0/s1. The maximum absolute atomic E-state index is 11.8. The fourth-order valence-corrected chi connectivity index (χ4v) is 1.50. The second kappa shape index (κ2) is 5.97. The van der Waals surface area contributed by atoms with E-state index in [9.17, 15) is 9.59 Å². The lowest BCUT2D eigenvalue weighted by Crippen LogP contribution is -2.43. The van der Waals surface area contributed by atoms with Gasteiger partial charge in [-0.3, -0.25) is 9.89 Å². The smallest absolute Gasteiger partial charge is 0.409 e. The van der Waals surface area contributed by atoms with Gasteiger partial charge in [-0.05, 0) is 0 Å². The van der Waals surface area contributed by atoms with E-state index in [1.165, 1.54) is 25.3 Å². The minimum Gasteiger partial charge on any atom is -0.453 e. The first kappa shape index (κ1) is 13.1. The summed E-state index contributed by atoms with van der Waals surface area (Å²) in [6, 6.07) is -0.560. The van der Waals surface area contributed by atoms with Crippen molar-refractivity contribution in [1.29, 1.82) is 0 Å². The van der Waals surface area contributed by atoms with E-state index in [-0.39, 0.29) is 5.78 Å². The van der Waals surface area contributed by atoms with Crippen molar-refractivity contribution in [2.24, 2.45) is 0 Å². The fourth-order valence-electron chi connectivity index (χ4n) is 1.50. The van der Waals surface area contributed by atoms with E-state index < -0.39 is 12.1 Å². The molecule has 0 fully saturated rings. The zero-order valence-electron chi connectivity index (χ0n) is 10.1. The maximum atomic E-state index is 11.8. The molecule has 0 radical (unpaired) electrons. The molecule has 0 aliphatic carbocycles. The van der Waals surface area contributed by atoms with Crippen molar-refractivity contribution in [3.8, 4) is 0 Å². The van der Waals surface area contributed by atoms with Crippen LogP contribution >= 0.6 is 0 Å². The molecule has 0 unspecified atom stereocenters. The number of nitrogens with one attached hydrogen (secondary N) is 1. The first-order valence-electron chi connectivity index (χ1n) is 5.28. The van der Waals surface area contributed by atoms with Crippen LogP contribution in [-0.2, 0) is 16.0 Å². The lowest BCUT2D eigenvalue weighted by Gasteiger charge is -2.24. The summed E-state index contributed by atoms with van der Waals surface area (Å²) >= 11 is 0. The largest absolute Gasteiger partial charge is 0.453 e. The lowest BCUT2D eigenvalue weighted by atomic mass is 10.0. The number of carbonyl (C=O) groups excluding carboxylic acids is 2. The summed E-state index contributed by atoms with van der Waals surface area (Å²) in [5, 5.41) is 9.86. The van der Waals surface area contributed by atoms with Crippen LogP contribution in [0.15, 0.2) is 6.20 Å². The third kappa shape index (κ3) is 3.27. The Morgan fingerprint density at radius 3 is 2.76 bits per heavy atom. The van der Waals surface area contributed by atoms with E-state index in [4.69, 9.17) is 0 Å². The predicted octanol–water partition coefficient (Wildman–Crippen LogP) is 0.393. The van der Waals surface area contributed by atoms with Crippen molar-refractivity contribution in [2.75, 3.05) is 14.2 Å². The van der Waals surface area contributed by atoms with Crippen molar-refractivity contribution in [3.05, 3.63) is 11.9 Å². The number of amides is 1. The third-order valence-electron chi connectivity index (χ3n) is 2.53. The summed E-state index contributed by atoms with van der Waals surface area (Å²) in [5.41, 5.74) is 0.701. The number of rotatable bonds is 5. The molecule has 1 amide bonds. The van der Waals surface area contributed by atoms with Gasteiger partial charge >= 0.3 is 6.09 Å². The normalized spacial score (nSPS) is 11.9. The molecule has 0 saturated heterocycles. The average molecular weight is 240 g/mol. The van der Waals surface area contributed by atoms with Crippen molar-refractivity contribution >= 4 is 11.9 Å². The molecular formula is C10H16N4O3. The molecule has 1 heterocycles. The van der Waals surface area contributed by atoms with Gasteiger partial charge in [-0.2, -0.15) is 0 Å². The first-order valence-corrected chi connectivity index (χ1v) is 5.28. The van der Waals surface area contributed by atoms with Gasteiger partial charge in [-0.15, -0.1) is 5.10 Å². The minimum absolute atomic E-state index is 0.0347. The molecule has 94 valence electrons. The summed E-state index contributed by atoms with van der Waals surface area (Å²) in [5.74, 6) is -0.0347. The summed E-state index contributed by atoms with van der Waals surface area (Å²) in [6.07, 6.45) is 1.70. The zero-order valence-corrected chi connectivity index (χ0v) is 10.1. The number of likely N-dealkylation sites (N-methyl/N-ethyl adjacent to an activating group) is 1.